The number of ether oxygens (including phenoxy) is 1. The minimum Gasteiger partial charge on any atom is -0.495 e. The summed E-state index contributed by atoms with van der Waals surface area (Å²) in [5.74, 6) is 1.56. The van der Waals surface area contributed by atoms with Gasteiger partial charge in [0, 0.05) is 30.2 Å². The van der Waals surface area contributed by atoms with Crippen LogP contribution in [-0.2, 0) is 4.79 Å². The fourth-order valence-corrected chi connectivity index (χ4v) is 3.17. The van der Waals surface area contributed by atoms with E-state index in [1.807, 2.05) is 36.0 Å². The van der Waals surface area contributed by atoms with Crippen LogP contribution in [0.1, 0.15) is 25.5 Å². The maximum atomic E-state index is 11.3. The number of carbonyl (C=O) groups excluding carboxylic acids is 1. The fraction of sp³-hybridized carbons (Fsp3) is 0.316. The molecule has 2 N–H and O–H groups in total. The molecule has 1 amide bonds. The molecule has 2 rings (SSSR count). The number of rotatable bonds is 8. The molecule has 2 aromatic carbocycles. The molecule has 1 atom stereocenters. The number of carbonyl (C=O) groups is 1. The van der Waals surface area contributed by atoms with Crippen molar-refractivity contribution in [3.05, 3.63) is 54.1 Å². The van der Waals surface area contributed by atoms with E-state index in [4.69, 9.17) is 4.74 Å². The van der Waals surface area contributed by atoms with Crippen LogP contribution < -0.4 is 15.4 Å². The van der Waals surface area contributed by atoms with Crippen molar-refractivity contribution >= 4 is 23.4 Å². The van der Waals surface area contributed by atoms with Crippen LogP contribution in [0.5, 0.6) is 5.75 Å². The Morgan fingerprint density at radius 3 is 2.62 bits per heavy atom. The number of hydrogen-bond donors (Lipinski definition) is 2. The predicted octanol–water partition coefficient (Wildman–Crippen LogP) is 4.10. The minimum atomic E-state index is -0.106. The summed E-state index contributed by atoms with van der Waals surface area (Å²) >= 11 is 1.84. The van der Waals surface area contributed by atoms with Crippen LogP contribution in [0.2, 0.25) is 0 Å². The summed E-state index contributed by atoms with van der Waals surface area (Å²) in [5, 5.41) is 6.33. The molecule has 0 aliphatic heterocycles. The molecule has 24 heavy (non-hydrogen) atoms. The summed E-state index contributed by atoms with van der Waals surface area (Å²) in [6.07, 6.45) is 0. The van der Waals surface area contributed by atoms with Crippen LogP contribution in [-0.4, -0.2) is 25.3 Å². The highest BCUT2D eigenvalue weighted by Gasteiger charge is 2.10. The molecule has 0 radical (unpaired) electrons. The normalized spacial score (nSPS) is 11.8. The molecule has 2 aromatic rings. The minimum absolute atomic E-state index is 0.106. The lowest BCUT2D eigenvalue weighted by Crippen LogP contribution is -2.21. The Morgan fingerprint density at radius 1 is 1.21 bits per heavy atom. The molecule has 0 unspecified atom stereocenters. The van der Waals surface area contributed by atoms with E-state index in [2.05, 4.69) is 41.8 Å². The molecule has 0 aliphatic carbocycles. The summed E-state index contributed by atoms with van der Waals surface area (Å²) < 4.78 is 5.29. The van der Waals surface area contributed by atoms with Crippen molar-refractivity contribution in [3.8, 4) is 5.75 Å². The first-order valence-electron chi connectivity index (χ1n) is 7.97. The van der Waals surface area contributed by atoms with Gasteiger partial charge in [-0.25, -0.2) is 0 Å². The molecule has 0 aromatic heterocycles. The van der Waals surface area contributed by atoms with Gasteiger partial charge < -0.3 is 15.4 Å². The second-order valence-electron chi connectivity index (χ2n) is 5.48. The molecular weight excluding hydrogens is 320 g/mol. The van der Waals surface area contributed by atoms with Gasteiger partial charge in [-0.05, 0) is 36.8 Å². The standard InChI is InChI=1S/C19H24N2O2S/c1-14(20-11-12-24-17-7-5-4-6-8-17)16-9-10-19(23-3)18(13-16)21-15(2)22/h4-10,13-14,20H,11-12H2,1-3H3,(H,21,22)/t14-/m1/s1. The Morgan fingerprint density at radius 2 is 1.96 bits per heavy atom. The molecule has 0 bridgehead atoms. The third kappa shape index (κ3) is 5.58. The zero-order chi connectivity index (χ0) is 17.4. The van der Waals surface area contributed by atoms with Crippen LogP contribution in [0.4, 0.5) is 5.69 Å². The van der Waals surface area contributed by atoms with Gasteiger partial charge in [0.15, 0.2) is 0 Å². The fourth-order valence-electron chi connectivity index (χ4n) is 2.36. The highest BCUT2D eigenvalue weighted by Crippen LogP contribution is 2.28. The Kier molecular flexibility index (Phi) is 7.15. The smallest absolute Gasteiger partial charge is 0.221 e. The lowest BCUT2D eigenvalue weighted by molar-refractivity contribution is -0.114. The van der Waals surface area contributed by atoms with Crippen molar-refractivity contribution in [1.82, 2.24) is 5.32 Å². The average Bonchev–Trinajstić information content (AvgIpc) is 2.59. The summed E-state index contributed by atoms with van der Waals surface area (Å²) in [6, 6.07) is 16.4. The Bertz CT molecular complexity index is 662. The molecule has 4 nitrogen and oxygen atoms in total. The second-order valence-corrected chi connectivity index (χ2v) is 6.65. The molecule has 5 heteroatoms. The summed E-state index contributed by atoms with van der Waals surface area (Å²) in [5.41, 5.74) is 1.82. The van der Waals surface area contributed by atoms with E-state index in [1.54, 1.807) is 7.11 Å². The number of benzene rings is 2. The van der Waals surface area contributed by atoms with Crippen LogP contribution in [0.25, 0.3) is 0 Å². The first-order valence-corrected chi connectivity index (χ1v) is 8.95. The first kappa shape index (κ1) is 18.4. The van der Waals surface area contributed by atoms with Gasteiger partial charge in [0.2, 0.25) is 5.91 Å². The molecule has 0 saturated carbocycles. The Labute approximate surface area is 148 Å². The van der Waals surface area contributed by atoms with Gasteiger partial charge >= 0.3 is 0 Å². The van der Waals surface area contributed by atoms with Crippen molar-refractivity contribution in [2.45, 2.75) is 24.8 Å². The van der Waals surface area contributed by atoms with E-state index in [1.165, 1.54) is 11.8 Å². The van der Waals surface area contributed by atoms with E-state index in [9.17, 15) is 4.79 Å². The average molecular weight is 344 g/mol. The number of anilines is 1. The van der Waals surface area contributed by atoms with Gasteiger partial charge in [0.1, 0.15) is 5.75 Å². The Balaban J connectivity index is 1.89. The molecule has 128 valence electrons. The van der Waals surface area contributed by atoms with E-state index in [0.717, 1.165) is 17.9 Å². The summed E-state index contributed by atoms with van der Waals surface area (Å²) in [6.45, 7) is 4.52. The van der Waals surface area contributed by atoms with Crippen LogP contribution >= 0.6 is 11.8 Å². The Hall–Kier alpha value is -1.98. The topological polar surface area (TPSA) is 50.4 Å². The van der Waals surface area contributed by atoms with Gasteiger partial charge in [-0.1, -0.05) is 24.3 Å². The molecule has 0 saturated heterocycles. The number of methoxy groups -OCH3 is 1. The van der Waals surface area contributed by atoms with Crippen molar-refractivity contribution < 1.29 is 9.53 Å². The summed E-state index contributed by atoms with van der Waals surface area (Å²) in [4.78, 5) is 12.6. The van der Waals surface area contributed by atoms with Crippen LogP contribution in [0.15, 0.2) is 53.4 Å². The maximum absolute atomic E-state index is 11.3. The maximum Gasteiger partial charge on any atom is 0.221 e. The van der Waals surface area contributed by atoms with Gasteiger partial charge in [-0.3, -0.25) is 4.79 Å². The van der Waals surface area contributed by atoms with Crippen molar-refractivity contribution in [1.29, 1.82) is 0 Å². The third-order valence-electron chi connectivity index (χ3n) is 3.60. The van der Waals surface area contributed by atoms with Gasteiger partial charge in [-0.15, -0.1) is 11.8 Å². The SMILES string of the molecule is COc1ccc([C@@H](C)NCCSc2ccccc2)cc1NC(C)=O. The number of nitrogens with one attached hydrogen (secondary N) is 2. The van der Waals surface area contributed by atoms with Crippen molar-refractivity contribution in [2.75, 3.05) is 24.7 Å². The van der Waals surface area contributed by atoms with Crippen LogP contribution in [0, 0.1) is 0 Å². The van der Waals surface area contributed by atoms with E-state index in [-0.39, 0.29) is 11.9 Å². The monoisotopic (exact) mass is 344 g/mol. The number of hydrogen-bond acceptors (Lipinski definition) is 4. The molecule has 0 fully saturated rings. The van der Waals surface area contributed by atoms with E-state index >= 15 is 0 Å². The van der Waals surface area contributed by atoms with Gasteiger partial charge in [0.05, 0.1) is 12.8 Å². The molecule has 0 spiro atoms. The first-order chi connectivity index (χ1) is 11.6. The predicted molar refractivity (Wildman–Crippen MR) is 101 cm³/mol. The van der Waals surface area contributed by atoms with E-state index < -0.39 is 0 Å². The second kappa shape index (κ2) is 9.35. The number of thioether (sulfide) groups is 1. The van der Waals surface area contributed by atoms with Crippen molar-refractivity contribution in [3.63, 3.8) is 0 Å². The van der Waals surface area contributed by atoms with Crippen LogP contribution in [0.3, 0.4) is 0 Å². The third-order valence-corrected chi connectivity index (χ3v) is 4.61. The largest absolute Gasteiger partial charge is 0.495 e. The lowest BCUT2D eigenvalue weighted by Gasteiger charge is -2.17. The molecule has 0 aliphatic rings. The quantitative estimate of drug-likeness (QED) is 0.559. The molecular formula is C19H24N2O2S. The lowest BCUT2D eigenvalue weighted by atomic mass is 10.1. The van der Waals surface area contributed by atoms with Gasteiger partial charge in [0.25, 0.3) is 0 Å². The highest BCUT2D eigenvalue weighted by atomic mass is 32.2. The molecule has 0 heterocycles. The zero-order valence-electron chi connectivity index (χ0n) is 14.3. The zero-order valence-corrected chi connectivity index (χ0v) is 15.2. The van der Waals surface area contributed by atoms with E-state index in [0.29, 0.717) is 11.4 Å². The highest BCUT2D eigenvalue weighted by molar-refractivity contribution is 7.99. The van der Waals surface area contributed by atoms with Gasteiger partial charge in [-0.2, -0.15) is 0 Å². The summed E-state index contributed by atoms with van der Waals surface area (Å²) in [7, 11) is 1.60. The number of amides is 1. The van der Waals surface area contributed by atoms with Crippen molar-refractivity contribution in [2.24, 2.45) is 0 Å².